The summed E-state index contributed by atoms with van der Waals surface area (Å²) in [5, 5.41) is 2.32. The fraction of sp³-hybridized carbons (Fsp3) is 0.167. The minimum atomic E-state index is -0.298. The minimum absolute atomic E-state index is 0.0273. The molecule has 0 saturated heterocycles. The SMILES string of the molecule is CN(Cc1cccc2ccccc12)C(=O)CCc1ncc(-c2ccc(F)cc2)o1. The fourth-order valence-corrected chi connectivity index (χ4v) is 3.35. The molecule has 4 rings (SSSR count). The van der Waals surface area contributed by atoms with Gasteiger partial charge in [0.05, 0.1) is 6.20 Å². The van der Waals surface area contributed by atoms with Crippen molar-refractivity contribution in [2.24, 2.45) is 0 Å². The van der Waals surface area contributed by atoms with E-state index in [1.54, 1.807) is 23.2 Å². The van der Waals surface area contributed by atoms with Gasteiger partial charge in [0.25, 0.3) is 0 Å². The normalized spacial score (nSPS) is 11.0. The smallest absolute Gasteiger partial charge is 0.223 e. The number of nitrogens with zero attached hydrogens (tertiary/aromatic N) is 2. The van der Waals surface area contributed by atoms with Gasteiger partial charge in [0.2, 0.25) is 5.91 Å². The van der Waals surface area contributed by atoms with Crippen LogP contribution < -0.4 is 0 Å². The molecule has 0 aliphatic carbocycles. The number of rotatable bonds is 6. The van der Waals surface area contributed by atoms with Crippen LogP contribution in [0.4, 0.5) is 4.39 Å². The lowest BCUT2D eigenvalue weighted by Crippen LogP contribution is -2.26. The second-order valence-corrected chi connectivity index (χ2v) is 7.01. The van der Waals surface area contributed by atoms with Crippen LogP contribution in [0, 0.1) is 5.82 Å². The van der Waals surface area contributed by atoms with Crippen LogP contribution in [0.1, 0.15) is 17.9 Å². The number of benzene rings is 3. The first-order chi connectivity index (χ1) is 14.1. The van der Waals surface area contributed by atoms with E-state index < -0.39 is 0 Å². The maximum absolute atomic E-state index is 13.0. The molecule has 146 valence electrons. The first-order valence-corrected chi connectivity index (χ1v) is 9.51. The average molecular weight is 388 g/mol. The van der Waals surface area contributed by atoms with E-state index in [2.05, 4.69) is 29.2 Å². The second-order valence-electron chi connectivity index (χ2n) is 7.01. The number of amides is 1. The molecular weight excluding hydrogens is 367 g/mol. The predicted octanol–water partition coefficient (Wildman–Crippen LogP) is 5.23. The largest absolute Gasteiger partial charge is 0.441 e. The molecule has 0 atom stereocenters. The zero-order valence-corrected chi connectivity index (χ0v) is 16.1. The highest BCUT2D eigenvalue weighted by Crippen LogP contribution is 2.22. The van der Waals surface area contributed by atoms with Crippen molar-refractivity contribution >= 4 is 16.7 Å². The molecule has 4 nitrogen and oxygen atoms in total. The lowest BCUT2D eigenvalue weighted by molar-refractivity contribution is -0.130. The van der Waals surface area contributed by atoms with Crippen molar-refractivity contribution in [1.82, 2.24) is 9.88 Å². The Morgan fingerprint density at radius 2 is 1.79 bits per heavy atom. The van der Waals surface area contributed by atoms with Gasteiger partial charge in [-0.25, -0.2) is 9.37 Å². The van der Waals surface area contributed by atoms with Crippen molar-refractivity contribution in [3.05, 3.63) is 90.2 Å². The van der Waals surface area contributed by atoms with Crippen LogP contribution in [0.25, 0.3) is 22.1 Å². The molecule has 0 N–H and O–H groups in total. The molecule has 1 aromatic heterocycles. The summed E-state index contributed by atoms with van der Waals surface area (Å²) in [7, 11) is 1.81. The zero-order chi connectivity index (χ0) is 20.2. The topological polar surface area (TPSA) is 46.3 Å². The highest BCUT2D eigenvalue weighted by atomic mass is 19.1. The maximum atomic E-state index is 13.0. The van der Waals surface area contributed by atoms with Crippen LogP contribution in [-0.2, 0) is 17.8 Å². The van der Waals surface area contributed by atoms with Crippen LogP contribution >= 0.6 is 0 Å². The van der Waals surface area contributed by atoms with Crippen molar-refractivity contribution in [3.63, 3.8) is 0 Å². The predicted molar refractivity (Wildman–Crippen MR) is 111 cm³/mol. The quantitative estimate of drug-likeness (QED) is 0.455. The Bertz CT molecular complexity index is 1130. The molecule has 3 aromatic carbocycles. The van der Waals surface area contributed by atoms with E-state index in [1.807, 2.05) is 25.2 Å². The van der Waals surface area contributed by atoms with E-state index in [1.165, 1.54) is 17.5 Å². The molecular formula is C24H21FN2O2. The highest BCUT2D eigenvalue weighted by molar-refractivity contribution is 5.86. The summed E-state index contributed by atoms with van der Waals surface area (Å²) in [6.07, 6.45) is 2.33. The van der Waals surface area contributed by atoms with Gasteiger partial charge < -0.3 is 9.32 Å². The molecule has 0 bridgehead atoms. The van der Waals surface area contributed by atoms with Crippen LogP contribution in [-0.4, -0.2) is 22.8 Å². The Labute approximate surface area is 168 Å². The van der Waals surface area contributed by atoms with Crippen LogP contribution in [0.3, 0.4) is 0 Å². The molecule has 0 radical (unpaired) electrons. The molecule has 0 aliphatic rings. The summed E-state index contributed by atoms with van der Waals surface area (Å²) in [4.78, 5) is 18.6. The van der Waals surface area contributed by atoms with Gasteiger partial charge in [-0.15, -0.1) is 0 Å². The number of carbonyl (C=O) groups excluding carboxylic acids is 1. The number of aromatic nitrogens is 1. The van der Waals surface area contributed by atoms with Crippen molar-refractivity contribution < 1.29 is 13.6 Å². The fourth-order valence-electron chi connectivity index (χ4n) is 3.35. The first-order valence-electron chi connectivity index (χ1n) is 9.51. The number of halogens is 1. The molecule has 0 aliphatic heterocycles. The van der Waals surface area contributed by atoms with Gasteiger partial charge in [-0.05, 0) is 40.6 Å². The van der Waals surface area contributed by atoms with E-state index in [4.69, 9.17) is 4.42 Å². The lowest BCUT2D eigenvalue weighted by atomic mass is 10.0. The number of fused-ring (bicyclic) bond motifs is 1. The number of aryl methyl sites for hydroxylation is 1. The highest BCUT2D eigenvalue weighted by Gasteiger charge is 2.13. The minimum Gasteiger partial charge on any atom is -0.441 e. The Balaban J connectivity index is 1.37. The van der Waals surface area contributed by atoms with Crippen LogP contribution in [0.5, 0.6) is 0 Å². The number of carbonyl (C=O) groups is 1. The van der Waals surface area contributed by atoms with Crippen molar-refractivity contribution in [3.8, 4) is 11.3 Å². The Hall–Kier alpha value is -3.47. The molecule has 29 heavy (non-hydrogen) atoms. The molecule has 0 fully saturated rings. The first kappa shape index (κ1) is 18.9. The summed E-state index contributed by atoms with van der Waals surface area (Å²) in [5.41, 5.74) is 1.87. The van der Waals surface area contributed by atoms with Gasteiger partial charge in [0.15, 0.2) is 11.7 Å². The third kappa shape index (κ3) is 4.35. The number of hydrogen-bond acceptors (Lipinski definition) is 3. The zero-order valence-electron chi connectivity index (χ0n) is 16.1. The van der Waals surface area contributed by atoms with Gasteiger partial charge >= 0.3 is 0 Å². The summed E-state index contributed by atoms with van der Waals surface area (Å²) in [6, 6.07) is 20.3. The van der Waals surface area contributed by atoms with Gasteiger partial charge in [-0.3, -0.25) is 4.79 Å². The summed E-state index contributed by atoms with van der Waals surface area (Å²) in [5.74, 6) is 0.792. The van der Waals surface area contributed by atoms with E-state index in [-0.39, 0.29) is 11.7 Å². The van der Waals surface area contributed by atoms with Crippen molar-refractivity contribution in [1.29, 1.82) is 0 Å². The molecule has 4 aromatic rings. The average Bonchev–Trinajstić information content (AvgIpc) is 3.22. The van der Waals surface area contributed by atoms with Gasteiger partial charge in [0.1, 0.15) is 5.82 Å². The van der Waals surface area contributed by atoms with Crippen molar-refractivity contribution in [2.45, 2.75) is 19.4 Å². The third-order valence-electron chi connectivity index (χ3n) is 4.95. The van der Waals surface area contributed by atoms with Gasteiger partial charge in [0, 0.05) is 32.0 Å². The Morgan fingerprint density at radius 1 is 1.03 bits per heavy atom. The number of hydrogen-bond donors (Lipinski definition) is 0. The third-order valence-corrected chi connectivity index (χ3v) is 4.95. The van der Waals surface area contributed by atoms with E-state index >= 15 is 0 Å². The molecule has 0 saturated carbocycles. The van der Waals surface area contributed by atoms with Crippen molar-refractivity contribution in [2.75, 3.05) is 7.05 Å². The van der Waals surface area contributed by atoms with Gasteiger partial charge in [-0.2, -0.15) is 0 Å². The van der Waals surface area contributed by atoms with Gasteiger partial charge in [-0.1, -0.05) is 42.5 Å². The van der Waals surface area contributed by atoms with Crippen LogP contribution in [0.15, 0.2) is 77.3 Å². The number of oxazole rings is 1. The van der Waals surface area contributed by atoms with E-state index in [9.17, 15) is 9.18 Å². The summed E-state index contributed by atoms with van der Waals surface area (Å²) in [6.45, 7) is 0.548. The monoisotopic (exact) mass is 388 g/mol. The van der Waals surface area contributed by atoms with E-state index in [0.29, 0.717) is 31.0 Å². The molecule has 1 amide bonds. The second kappa shape index (κ2) is 8.27. The van der Waals surface area contributed by atoms with Crippen LogP contribution in [0.2, 0.25) is 0 Å². The molecule has 5 heteroatoms. The Kier molecular flexibility index (Phi) is 5.38. The lowest BCUT2D eigenvalue weighted by Gasteiger charge is -2.18. The maximum Gasteiger partial charge on any atom is 0.223 e. The molecule has 0 spiro atoms. The van der Waals surface area contributed by atoms with E-state index in [0.717, 1.165) is 16.5 Å². The standard InChI is InChI=1S/C24H21FN2O2/c1-27(16-19-7-4-6-17-5-2-3-8-21(17)19)24(28)14-13-23-26-15-22(29-23)18-9-11-20(25)12-10-18/h2-12,15H,13-14,16H2,1H3. The summed E-state index contributed by atoms with van der Waals surface area (Å²) >= 11 is 0. The molecule has 1 heterocycles. The summed E-state index contributed by atoms with van der Waals surface area (Å²) < 4.78 is 18.8. The molecule has 0 unspecified atom stereocenters. The Morgan fingerprint density at radius 3 is 2.62 bits per heavy atom.